The molecule has 162 valence electrons. The molecule has 2 aliphatic rings. The number of fused-ring (bicyclic) bond motifs is 1. The Bertz CT molecular complexity index is 737. The Balaban J connectivity index is 1.68. The summed E-state index contributed by atoms with van der Waals surface area (Å²) in [6.07, 6.45) is -2.17. The summed E-state index contributed by atoms with van der Waals surface area (Å²) in [4.78, 5) is 14.5. The summed E-state index contributed by atoms with van der Waals surface area (Å²) in [6, 6.07) is 2.94. The van der Waals surface area contributed by atoms with Gasteiger partial charge < -0.3 is 15.5 Å². The van der Waals surface area contributed by atoms with E-state index in [0.717, 1.165) is 31.4 Å². The average molecular weight is 415 g/mol. The molecule has 3 rings (SSSR count). The topological polar surface area (TPSA) is 44.4 Å². The second-order valence-electron chi connectivity index (χ2n) is 8.65. The van der Waals surface area contributed by atoms with Gasteiger partial charge in [-0.1, -0.05) is 13.8 Å². The Morgan fingerprint density at radius 3 is 2.59 bits per heavy atom. The minimum atomic E-state index is -4.72. The first-order valence-electron chi connectivity index (χ1n) is 10.2. The second kappa shape index (κ2) is 8.50. The molecule has 1 aliphatic carbocycles. The summed E-state index contributed by atoms with van der Waals surface area (Å²) < 4.78 is 52.7. The van der Waals surface area contributed by atoms with E-state index in [1.54, 1.807) is 7.05 Å². The molecule has 1 aromatic carbocycles. The Kier molecular flexibility index (Phi) is 6.41. The fourth-order valence-electron chi connectivity index (χ4n) is 4.69. The lowest BCUT2D eigenvalue weighted by Gasteiger charge is -2.26. The summed E-state index contributed by atoms with van der Waals surface area (Å²) in [5.74, 6) is -0.383. The summed E-state index contributed by atoms with van der Waals surface area (Å²) >= 11 is 0. The summed E-state index contributed by atoms with van der Waals surface area (Å²) in [5, 5.41) is 6.22. The fourth-order valence-corrected chi connectivity index (χ4v) is 4.69. The van der Waals surface area contributed by atoms with Gasteiger partial charge in [-0.2, -0.15) is 13.2 Å². The smallest absolute Gasteiger partial charge is 0.371 e. The van der Waals surface area contributed by atoms with Gasteiger partial charge in [0.1, 0.15) is 5.82 Å². The molecule has 1 amide bonds. The monoisotopic (exact) mass is 415 g/mol. The van der Waals surface area contributed by atoms with Crippen LogP contribution in [0.2, 0.25) is 0 Å². The van der Waals surface area contributed by atoms with E-state index < -0.39 is 17.6 Å². The van der Waals surface area contributed by atoms with Gasteiger partial charge in [0.25, 0.3) is 0 Å². The molecular formula is C21H29F4N3O. The first kappa shape index (κ1) is 21.9. The van der Waals surface area contributed by atoms with Gasteiger partial charge in [-0.3, -0.25) is 4.79 Å². The molecular weight excluding hydrogens is 386 g/mol. The number of carbonyl (C=O) groups is 1. The minimum absolute atomic E-state index is 0.0167. The Morgan fingerprint density at radius 1 is 1.24 bits per heavy atom. The molecule has 1 aromatic rings. The summed E-state index contributed by atoms with van der Waals surface area (Å²) in [5.41, 5.74) is -0.853. The van der Waals surface area contributed by atoms with Crippen LogP contribution in [0.4, 0.5) is 23.2 Å². The number of alkyl halides is 3. The Labute approximate surface area is 169 Å². The fraction of sp³-hybridized carbons (Fsp3) is 0.667. The number of nitrogens with one attached hydrogen (secondary N) is 2. The van der Waals surface area contributed by atoms with E-state index in [1.165, 1.54) is 6.07 Å². The molecule has 8 heteroatoms. The normalized spacial score (nSPS) is 25.4. The highest BCUT2D eigenvalue weighted by Crippen LogP contribution is 2.41. The van der Waals surface area contributed by atoms with Crippen molar-refractivity contribution < 1.29 is 22.4 Å². The van der Waals surface area contributed by atoms with Gasteiger partial charge in [0.15, 0.2) is 0 Å². The van der Waals surface area contributed by atoms with Crippen molar-refractivity contribution >= 4 is 11.6 Å². The van der Waals surface area contributed by atoms with Crippen molar-refractivity contribution in [3.63, 3.8) is 0 Å². The second-order valence-corrected chi connectivity index (χ2v) is 8.65. The number of carbonyl (C=O) groups excluding carboxylic acids is 1. The molecule has 2 N–H and O–H groups in total. The maximum Gasteiger partial charge on any atom is 0.419 e. The van der Waals surface area contributed by atoms with Crippen LogP contribution in [0.15, 0.2) is 18.2 Å². The van der Waals surface area contributed by atoms with Crippen molar-refractivity contribution in [2.24, 2.45) is 17.8 Å². The van der Waals surface area contributed by atoms with Gasteiger partial charge in [0.2, 0.25) is 5.91 Å². The van der Waals surface area contributed by atoms with Crippen LogP contribution in [0.5, 0.6) is 0 Å². The number of hydrogen-bond donors (Lipinski definition) is 2. The number of anilines is 1. The third-order valence-corrected chi connectivity index (χ3v) is 6.18. The van der Waals surface area contributed by atoms with E-state index in [0.29, 0.717) is 30.6 Å². The van der Waals surface area contributed by atoms with Crippen molar-refractivity contribution in [3.8, 4) is 0 Å². The van der Waals surface area contributed by atoms with E-state index in [2.05, 4.69) is 24.5 Å². The van der Waals surface area contributed by atoms with Gasteiger partial charge in [0.05, 0.1) is 11.6 Å². The third kappa shape index (κ3) is 4.85. The molecule has 0 spiro atoms. The zero-order valence-corrected chi connectivity index (χ0v) is 17.0. The molecule has 4 nitrogen and oxygen atoms in total. The van der Waals surface area contributed by atoms with Crippen molar-refractivity contribution in [2.45, 2.75) is 51.4 Å². The van der Waals surface area contributed by atoms with Crippen LogP contribution in [0.3, 0.4) is 0 Å². The van der Waals surface area contributed by atoms with E-state index >= 15 is 0 Å². The molecule has 1 saturated carbocycles. The van der Waals surface area contributed by atoms with Crippen LogP contribution >= 0.6 is 0 Å². The SMILES string of the molecule is CN[C@@H](CC(C)C)C(=O)N[C@H]1CC[C@@H]2CN(c3ccc(F)c(C(F)(F)F)c3)C[C@@H]21. The number of hydrogen-bond acceptors (Lipinski definition) is 3. The molecule has 0 unspecified atom stereocenters. The van der Waals surface area contributed by atoms with E-state index in [1.807, 2.05) is 4.90 Å². The maximum atomic E-state index is 13.6. The minimum Gasteiger partial charge on any atom is -0.371 e. The van der Waals surface area contributed by atoms with E-state index in [-0.39, 0.29) is 23.9 Å². The zero-order valence-electron chi connectivity index (χ0n) is 17.0. The standard InChI is InChI=1S/C21H29F4N3O/c1-12(2)8-19(26-3)20(29)27-18-7-4-13-10-28(11-15(13)18)14-5-6-17(22)16(9-14)21(23,24)25/h5-6,9,12-13,15,18-19,26H,4,7-8,10-11H2,1-3H3,(H,27,29)/t13-,15+,18+,19+/m1/s1. The number of likely N-dealkylation sites (N-methyl/N-ethyl adjacent to an activating group) is 1. The molecule has 1 saturated heterocycles. The summed E-state index contributed by atoms with van der Waals surface area (Å²) in [7, 11) is 1.77. The number of benzene rings is 1. The molecule has 0 bridgehead atoms. The van der Waals surface area contributed by atoms with E-state index in [4.69, 9.17) is 0 Å². The average Bonchev–Trinajstić information content (AvgIpc) is 3.20. The molecule has 4 atom stereocenters. The molecule has 2 fully saturated rings. The van der Waals surface area contributed by atoms with Gasteiger partial charge in [0, 0.05) is 30.7 Å². The van der Waals surface area contributed by atoms with Gasteiger partial charge in [-0.05, 0) is 56.3 Å². The summed E-state index contributed by atoms with van der Waals surface area (Å²) in [6.45, 7) is 5.32. The molecule has 0 aromatic heterocycles. The van der Waals surface area contributed by atoms with Crippen molar-refractivity contribution in [1.82, 2.24) is 10.6 Å². The number of halogens is 4. The molecule has 1 heterocycles. The molecule has 29 heavy (non-hydrogen) atoms. The van der Waals surface area contributed by atoms with Gasteiger partial charge in [-0.25, -0.2) is 4.39 Å². The predicted molar refractivity (Wildman–Crippen MR) is 104 cm³/mol. The van der Waals surface area contributed by atoms with Crippen LogP contribution in [0.25, 0.3) is 0 Å². The largest absolute Gasteiger partial charge is 0.419 e. The number of rotatable bonds is 6. The Hall–Kier alpha value is -1.83. The highest BCUT2D eigenvalue weighted by molar-refractivity contribution is 5.82. The third-order valence-electron chi connectivity index (χ3n) is 6.18. The lowest BCUT2D eigenvalue weighted by molar-refractivity contribution is -0.140. The number of nitrogens with zero attached hydrogens (tertiary/aromatic N) is 1. The van der Waals surface area contributed by atoms with Gasteiger partial charge in [-0.15, -0.1) is 0 Å². The first-order valence-corrected chi connectivity index (χ1v) is 10.2. The number of amides is 1. The quantitative estimate of drug-likeness (QED) is 0.695. The van der Waals surface area contributed by atoms with Crippen LogP contribution in [0, 0.1) is 23.6 Å². The van der Waals surface area contributed by atoms with Crippen LogP contribution in [0.1, 0.15) is 38.7 Å². The van der Waals surface area contributed by atoms with Crippen LogP contribution in [-0.2, 0) is 11.0 Å². The van der Waals surface area contributed by atoms with Crippen LogP contribution in [-0.4, -0.2) is 38.1 Å². The van der Waals surface area contributed by atoms with E-state index in [9.17, 15) is 22.4 Å². The van der Waals surface area contributed by atoms with Crippen molar-refractivity contribution in [2.75, 3.05) is 25.0 Å². The predicted octanol–water partition coefficient (Wildman–Crippen LogP) is 3.81. The van der Waals surface area contributed by atoms with Crippen molar-refractivity contribution in [3.05, 3.63) is 29.6 Å². The lowest BCUT2D eigenvalue weighted by atomic mass is 9.97. The highest BCUT2D eigenvalue weighted by atomic mass is 19.4. The maximum absolute atomic E-state index is 13.6. The molecule has 0 radical (unpaired) electrons. The lowest BCUT2D eigenvalue weighted by Crippen LogP contribution is -2.49. The van der Waals surface area contributed by atoms with Gasteiger partial charge >= 0.3 is 6.18 Å². The molecule has 1 aliphatic heterocycles. The first-order chi connectivity index (χ1) is 13.6. The highest BCUT2D eigenvalue weighted by Gasteiger charge is 2.44. The zero-order chi connectivity index (χ0) is 21.3. The van der Waals surface area contributed by atoms with Crippen molar-refractivity contribution in [1.29, 1.82) is 0 Å². The van der Waals surface area contributed by atoms with Crippen LogP contribution < -0.4 is 15.5 Å². The Morgan fingerprint density at radius 2 is 1.97 bits per heavy atom.